The number of benzene rings is 2. The van der Waals surface area contributed by atoms with E-state index in [-0.39, 0.29) is 18.3 Å². The summed E-state index contributed by atoms with van der Waals surface area (Å²) < 4.78 is 5.21. The third kappa shape index (κ3) is 3.61. The van der Waals surface area contributed by atoms with Crippen molar-refractivity contribution in [3.05, 3.63) is 71.1 Å². The molecule has 142 valence electrons. The molecule has 1 aromatic heterocycles. The van der Waals surface area contributed by atoms with Gasteiger partial charge in [-0.15, -0.1) is 0 Å². The van der Waals surface area contributed by atoms with Crippen molar-refractivity contribution in [1.82, 2.24) is 15.5 Å². The average Bonchev–Trinajstić information content (AvgIpc) is 3.35. The van der Waals surface area contributed by atoms with E-state index in [0.717, 1.165) is 11.3 Å². The molecule has 3 aromatic rings. The molecule has 0 aliphatic carbocycles. The van der Waals surface area contributed by atoms with Crippen LogP contribution in [0.2, 0.25) is 5.02 Å². The van der Waals surface area contributed by atoms with E-state index in [4.69, 9.17) is 21.0 Å². The fraction of sp³-hybridized carbons (Fsp3) is 0.200. The first-order chi connectivity index (χ1) is 13.5. The van der Waals surface area contributed by atoms with Crippen LogP contribution in [0.1, 0.15) is 24.8 Å². The van der Waals surface area contributed by atoms with Gasteiger partial charge in [-0.2, -0.15) is 4.98 Å². The highest BCUT2D eigenvalue weighted by atomic mass is 35.5. The van der Waals surface area contributed by atoms with Crippen LogP contribution in [0.4, 0.5) is 0 Å². The normalized spacial score (nSPS) is 18.4. The van der Waals surface area contributed by atoms with E-state index < -0.39 is 5.60 Å². The molecule has 28 heavy (non-hydrogen) atoms. The molecule has 4 rings (SSSR count). The molecule has 1 aliphatic heterocycles. The lowest BCUT2D eigenvalue weighted by atomic mass is 9.95. The molecule has 0 unspecified atom stereocenters. The molecule has 0 saturated heterocycles. The number of carbonyl (C=O) groups is 1. The predicted octanol–water partition coefficient (Wildman–Crippen LogP) is 3.59. The quantitative estimate of drug-likeness (QED) is 0.711. The van der Waals surface area contributed by atoms with Crippen LogP contribution in [-0.4, -0.2) is 27.4 Å². The molecule has 0 bridgehead atoms. The predicted molar refractivity (Wildman–Crippen MR) is 104 cm³/mol. The standard InChI is InChI=1S/C20H17ClN4O3/c1-20(11-16(24-28-20)13-7-3-2-4-8-13)19(26)22-12-17-23-18(25-27-17)14-9-5-6-10-15(14)21/h2-10H,11-12H2,1H3,(H,22,26)/t20-/m0/s1. The Morgan fingerprint density at radius 1 is 1.18 bits per heavy atom. The van der Waals surface area contributed by atoms with Gasteiger partial charge in [-0.05, 0) is 24.6 Å². The highest BCUT2D eigenvalue weighted by molar-refractivity contribution is 6.33. The smallest absolute Gasteiger partial charge is 0.267 e. The van der Waals surface area contributed by atoms with Gasteiger partial charge < -0.3 is 14.7 Å². The third-order valence-corrected chi connectivity index (χ3v) is 4.76. The number of nitrogens with zero attached hydrogens (tertiary/aromatic N) is 3. The number of rotatable bonds is 5. The zero-order valence-corrected chi connectivity index (χ0v) is 15.8. The van der Waals surface area contributed by atoms with Crippen LogP contribution in [0.25, 0.3) is 11.4 Å². The highest BCUT2D eigenvalue weighted by Crippen LogP contribution is 2.27. The van der Waals surface area contributed by atoms with Crippen molar-refractivity contribution < 1.29 is 14.2 Å². The van der Waals surface area contributed by atoms with Gasteiger partial charge in [0.1, 0.15) is 0 Å². The lowest BCUT2D eigenvalue weighted by Gasteiger charge is -2.19. The van der Waals surface area contributed by atoms with E-state index >= 15 is 0 Å². The summed E-state index contributed by atoms with van der Waals surface area (Å²) in [5, 5.41) is 11.3. The molecule has 0 radical (unpaired) electrons. The maximum atomic E-state index is 12.6. The van der Waals surface area contributed by atoms with Crippen molar-refractivity contribution in [3.8, 4) is 11.4 Å². The summed E-state index contributed by atoms with van der Waals surface area (Å²) in [5.74, 6) is 0.335. The van der Waals surface area contributed by atoms with Gasteiger partial charge in [-0.25, -0.2) is 0 Å². The van der Waals surface area contributed by atoms with Crippen LogP contribution in [-0.2, 0) is 16.2 Å². The van der Waals surface area contributed by atoms with E-state index in [9.17, 15) is 4.79 Å². The fourth-order valence-electron chi connectivity index (χ4n) is 2.87. The second-order valence-electron chi connectivity index (χ2n) is 6.58. The molecule has 0 saturated carbocycles. The minimum absolute atomic E-state index is 0.0793. The Morgan fingerprint density at radius 3 is 2.71 bits per heavy atom. The molecule has 0 fully saturated rings. The largest absolute Gasteiger partial charge is 0.379 e. The van der Waals surface area contributed by atoms with Crippen LogP contribution >= 0.6 is 11.6 Å². The fourth-order valence-corrected chi connectivity index (χ4v) is 3.09. The molecular formula is C20H17ClN4O3. The summed E-state index contributed by atoms with van der Waals surface area (Å²) in [6.07, 6.45) is 0.373. The minimum Gasteiger partial charge on any atom is -0.379 e. The van der Waals surface area contributed by atoms with Gasteiger partial charge in [0.25, 0.3) is 5.91 Å². The van der Waals surface area contributed by atoms with Crippen LogP contribution in [0.15, 0.2) is 64.3 Å². The molecule has 1 aliphatic rings. The van der Waals surface area contributed by atoms with E-state index in [2.05, 4.69) is 20.6 Å². The summed E-state index contributed by atoms with van der Waals surface area (Å²) in [6, 6.07) is 16.8. The zero-order chi connectivity index (χ0) is 19.6. The number of halogens is 1. The van der Waals surface area contributed by atoms with Gasteiger partial charge in [-0.3, -0.25) is 4.79 Å². The summed E-state index contributed by atoms with van der Waals surface area (Å²) >= 11 is 6.14. The Morgan fingerprint density at radius 2 is 1.93 bits per heavy atom. The number of hydrogen-bond donors (Lipinski definition) is 1. The molecule has 1 amide bonds. The number of nitrogens with one attached hydrogen (secondary N) is 1. The number of oxime groups is 1. The second kappa shape index (κ2) is 7.44. The Hall–Kier alpha value is -3.19. The van der Waals surface area contributed by atoms with Crippen molar-refractivity contribution in [2.75, 3.05) is 0 Å². The monoisotopic (exact) mass is 396 g/mol. The number of carbonyl (C=O) groups excluding carboxylic acids is 1. The van der Waals surface area contributed by atoms with Crippen LogP contribution < -0.4 is 5.32 Å². The van der Waals surface area contributed by atoms with Gasteiger partial charge in [0.2, 0.25) is 17.3 Å². The number of amides is 1. The maximum absolute atomic E-state index is 12.6. The van der Waals surface area contributed by atoms with Crippen molar-refractivity contribution in [3.63, 3.8) is 0 Å². The van der Waals surface area contributed by atoms with Gasteiger partial charge in [0, 0.05) is 12.0 Å². The first-order valence-corrected chi connectivity index (χ1v) is 9.09. The van der Waals surface area contributed by atoms with Crippen molar-refractivity contribution >= 4 is 23.2 Å². The summed E-state index contributed by atoms with van der Waals surface area (Å²) in [5.41, 5.74) is 1.24. The van der Waals surface area contributed by atoms with E-state index in [1.54, 1.807) is 19.1 Å². The van der Waals surface area contributed by atoms with Gasteiger partial charge >= 0.3 is 0 Å². The molecule has 0 spiro atoms. The highest BCUT2D eigenvalue weighted by Gasteiger charge is 2.42. The van der Waals surface area contributed by atoms with E-state index in [0.29, 0.717) is 22.8 Å². The third-order valence-electron chi connectivity index (χ3n) is 4.43. The average molecular weight is 397 g/mol. The van der Waals surface area contributed by atoms with Gasteiger partial charge in [0.05, 0.1) is 17.3 Å². The lowest BCUT2D eigenvalue weighted by Crippen LogP contribution is -2.44. The first-order valence-electron chi connectivity index (χ1n) is 8.71. The lowest BCUT2D eigenvalue weighted by molar-refractivity contribution is -0.142. The number of aromatic nitrogens is 2. The SMILES string of the molecule is C[C@@]1(C(=O)NCc2nc(-c3ccccc3Cl)no2)CC(c2ccccc2)=NO1. The van der Waals surface area contributed by atoms with Gasteiger partial charge in [-0.1, -0.05) is 64.4 Å². The second-order valence-corrected chi connectivity index (χ2v) is 6.98. The topological polar surface area (TPSA) is 89.6 Å². The Bertz CT molecular complexity index is 1030. The zero-order valence-electron chi connectivity index (χ0n) is 15.1. The van der Waals surface area contributed by atoms with E-state index in [1.807, 2.05) is 42.5 Å². The Balaban J connectivity index is 1.38. The molecule has 1 atom stereocenters. The Labute approximate surface area is 166 Å². The van der Waals surface area contributed by atoms with Crippen LogP contribution in [0.5, 0.6) is 0 Å². The summed E-state index contributed by atoms with van der Waals surface area (Å²) in [4.78, 5) is 22.3. The van der Waals surface area contributed by atoms with Crippen LogP contribution in [0.3, 0.4) is 0 Å². The molecule has 7 nitrogen and oxygen atoms in total. The van der Waals surface area contributed by atoms with Crippen molar-refractivity contribution in [1.29, 1.82) is 0 Å². The summed E-state index contributed by atoms with van der Waals surface area (Å²) in [6.45, 7) is 1.78. The number of hydrogen-bond acceptors (Lipinski definition) is 6. The van der Waals surface area contributed by atoms with Crippen molar-refractivity contribution in [2.45, 2.75) is 25.5 Å². The molecule has 1 N–H and O–H groups in total. The molecule has 2 aromatic carbocycles. The minimum atomic E-state index is -1.09. The summed E-state index contributed by atoms with van der Waals surface area (Å²) in [7, 11) is 0. The van der Waals surface area contributed by atoms with Gasteiger partial charge in [0.15, 0.2) is 0 Å². The van der Waals surface area contributed by atoms with Crippen LogP contribution in [0, 0.1) is 0 Å². The molecular weight excluding hydrogens is 380 g/mol. The Kier molecular flexibility index (Phi) is 4.83. The molecule has 8 heteroatoms. The van der Waals surface area contributed by atoms with Crippen molar-refractivity contribution in [2.24, 2.45) is 5.16 Å². The molecule has 2 heterocycles. The first kappa shape index (κ1) is 18.2. The maximum Gasteiger partial charge on any atom is 0.267 e. The van der Waals surface area contributed by atoms with E-state index in [1.165, 1.54) is 0 Å².